The van der Waals surface area contributed by atoms with E-state index in [1.807, 2.05) is 41.1 Å². The lowest BCUT2D eigenvalue weighted by atomic mass is 9.79. The molecule has 32 heavy (non-hydrogen) atoms. The Morgan fingerprint density at radius 1 is 1.28 bits per heavy atom. The SMILES string of the molecule is CC(CC[C@H](N)c1cn(-c2ccc(Cl)cc2)cn1)[C@@H]1N(c2ccn[nH]2)C(=O)NC12COC2. The van der Waals surface area contributed by atoms with Gasteiger partial charge in [-0.05, 0) is 43.0 Å². The summed E-state index contributed by atoms with van der Waals surface area (Å²) in [7, 11) is 0. The average Bonchev–Trinajstić information content (AvgIpc) is 3.50. The van der Waals surface area contributed by atoms with Crippen molar-refractivity contribution in [1.82, 2.24) is 25.1 Å². The van der Waals surface area contributed by atoms with Gasteiger partial charge in [0, 0.05) is 29.0 Å². The number of benzene rings is 1. The molecular weight excluding hydrogens is 430 g/mol. The number of aromatic amines is 1. The van der Waals surface area contributed by atoms with Gasteiger partial charge in [-0.2, -0.15) is 5.10 Å². The molecule has 2 aromatic heterocycles. The molecule has 0 saturated carbocycles. The summed E-state index contributed by atoms with van der Waals surface area (Å²) in [6.45, 7) is 3.18. The Morgan fingerprint density at radius 2 is 2.06 bits per heavy atom. The molecule has 10 heteroatoms. The molecule has 5 rings (SSSR count). The van der Waals surface area contributed by atoms with Gasteiger partial charge in [0.15, 0.2) is 0 Å². The Labute approximate surface area is 190 Å². The normalized spacial score (nSPS) is 21.4. The highest BCUT2D eigenvalue weighted by Gasteiger charge is 2.58. The van der Waals surface area contributed by atoms with Gasteiger partial charge in [0.2, 0.25) is 0 Å². The monoisotopic (exact) mass is 455 g/mol. The zero-order valence-corrected chi connectivity index (χ0v) is 18.5. The third-order valence-electron chi connectivity index (χ3n) is 6.46. The third kappa shape index (κ3) is 3.66. The van der Waals surface area contributed by atoms with Crippen LogP contribution < -0.4 is 16.0 Å². The molecule has 0 radical (unpaired) electrons. The topological polar surface area (TPSA) is 114 Å². The lowest BCUT2D eigenvalue weighted by Gasteiger charge is -2.45. The molecule has 1 unspecified atom stereocenters. The van der Waals surface area contributed by atoms with Crippen molar-refractivity contribution in [3.8, 4) is 5.69 Å². The number of carbonyl (C=O) groups is 1. The van der Waals surface area contributed by atoms with E-state index in [4.69, 9.17) is 22.1 Å². The molecule has 3 aromatic rings. The number of nitrogens with two attached hydrogens (primary N) is 1. The first-order chi connectivity index (χ1) is 15.5. The number of nitrogens with one attached hydrogen (secondary N) is 2. The van der Waals surface area contributed by atoms with Crippen LogP contribution in [-0.4, -0.2) is 50.6 Å². The van der Waals surface area contributed by atoms with Crippen molar-refractivity contribution in [2.24, 2.45) is 11.7 Å². The lowest BCUT2D eigenvalue weighted by Crippen LogP contribution is -2.65. The van der Waals surface area contributed by atoms with Crippen molar-refractivity contribution in [2.45, 2.75) is 37.4 Å². The molecule has 168 valence electrons. The van der Waals surface area contributed by atoms with Crippen LogP contribution in [0.5, 0.6) is 0 Å². The second-order valence-electron chi connectivity index (χ2n) is 8.68. The van der Waals surface area contributed by atoms with Crippen LogP contribution in [0, 0.1) is 5.92 Å². The standard InChI is InChI=1S/C22H26ClN7O2/c1-14(20-22(11-32-12-22)27-21(31)30(20)19-8-9-26-28-19)2-7-17(24)18-10-29(13-25-18)16-5-3-15(23)4-6-16/h3-6,8-10,13-14,17,20H,2,7,11-12,24H2,1H3,(H,26,28)(H,27,31)/t14?,17-,20-/m0/s1. The van der Waals surface area contributed by atoms with Crippen LogP contribution >= 0.6 is 11.6 Å². The molecule has 1 spiro atoms. The third-order valence-corrected chi connectivity index (χ3v) is 6.72. The number of amides is 2. The quantitative estimate of drug-likeness (QED) is 0.506. The molecule has 3 atom stereocenters. The zero-order valence-electron chi connectivity index (χ0n) is 17.7. The van der Waals surface area contributed by atoms with E-state index in [1.165, 1.54) is 0 Å². The largest absolute Gasteiger partial charge is 0.376 e. The fraction of sp³-hybridized carbons (Fsp3) is 0.409. The molecule has 2 aliphatic rings. The molecule has 2 fully saturated rings. The minimum Gasteiger partial charge on any atom is -0.376 e. The van der Waals surface area contributed by atoms with Gasteiger partial charge in [-0.1, -0.05) is 18.5 Å². The second-order valence-corrected chi connectivity index (χ2v) is 9.12. The van der Waals surface area contributed by atoms with Crippen LogP contribution in [-0.2, 0) is 4.74 Å². The van der Waals surface area contributed by atoms with Crippen LogP contribution in [0.4, 0.5) is 10.6 Å². The highest BCUT2D eigenvalue weighted by atomic mass is 35.5. The van der Waals surface area contributed by atoms with E-state index in [-0.39, 0.29) is 29.6 Å². The van der Waals surface area contributed by atoms with Crippen LogP contribution in [0.15, 0.2) is 49.1 Å². The molecule has 2 saturated heterocycles. The summed E-state index contributed by atoms with van der Waals surface area (Å²) >= 11 is 5.98. The number of carbonyl (C=O) groups excluding carboxylic acids is 1. The van der Waals surface area contributed by atoms with E-state index in [0.29, 0.717) is 24.1 Å². The van der Waals surface area contributed by atoms with E-state index >= 15 is 0 Å². The maximum atomic E-state index is 12.8. The molecule has 0 bridgehead atoms. The minimum atomic E-state index is -0.373. The maximum absolute atomic E-state index is 12.8. The van der Waals surface area contributed by atoms with Crippen molar-refractivity contribution in [3.05, 3.63) is 59.8 Å². The van der Waals surface area contributed by atoms with Crippen molar-refractivity contribution in [3.63, 3.8) is 0 Å². The number of ether oxygens (including phenoxy) is 1. The fourth-order valence-electron chi connectivity index (χ4n) is 4.76. The van der Waals surface area contributed by atoms with Crippen LogP contribution in [0.25, 0.3) is 5.69 Å². The van der Waals surface area contributed by atoms with Gasteiger partial charge in [0.05, 0.1) is 37.5 Å². The average molecular weight is 456 g/mol. The number of halogens is 1. The molecule has 4 N–H and O–H groups in total. The number of anilines is 1. The number of imidazole rings is 1. The molecule has 2 aliphatic heterocycles. The smallest absolute Gasteiger partial charge is 0.324 e. The van der Waals surface area contributed by atoms with Crippen LogP contribution in [0.3, 0.4) is 0 Å². The first-order valence-electron chi connectivity index (χ1n) is 10.7. The molecule has 1 aromatic carbocycles. The van der Waals surface area contributed by atoms with Gasteiger partial charge in [0.1, 0.15) is 11.4 Å². The molecule has 9 nitrogen and oxygen atoms in total. The van der Waals surface area contributed by atoms with E-state index in [0.717, 1.165) is 24.2 Å². The van der Waals surface area contributed by atoms with Gasteiger partial charge in [0.25, 0.3) is 0 Å². The predicted octanol–water partition coefficient (Wildman–Crippen LogP) is 3.03. The van der Waals surface area contributed by atoms with Crippen molar-refractivity contribution >= 4 is 23.4 Å². The highest BCUT2D eigenvalue weighted by molar-refractivity contribution is 6.30. The molecule has 0 aliphatic carbocycles. The van der Waals surface area contributed by atoms with Gasteiger partial charge < -0.3 is 20.4 Å². The Morgan fingerprint density at radius 3 is 2.72 bits per heavy atom. The summed E-state index contributed by atoms with van der Waals surface area (Å²) in [5.74, 6) is 0.875. The summed E-state index contributed by atoms with van der Waals surface area (Å²) in [5, 5.41) is 10.8. The van der Waals surface area contributed by atoms with E-state index in [2.05, 4.69) is 27.4 Å². The second kappa shape index (κ2) is 8.23. The fourth-order valence-corrected chi connectivity index (χ4v) is 4.88. The predicted molar refractivity (Wildman–Crippen MR) is 121 cm³/mol. The van der Waals surface area contributed by atoms with Crippen molar-refractivity contribution < 1.29 is 9.53 Å². The summed E-state index contributed by atoms with van der Waals surface area (Å²) in [6.07, 6.45) is 6.96. The number of H-pyrrole nitrogens is 1. The van der Waals surface area contributed by atoms with Crippen LogP contribution in [0.2, 0.25) is 5.02 Å². The summed E-state index contributed by atoms with van der Waals surface area (Å²) < 4.78 is 7.43. The van der Waals surface area contributed by atoms with Gasteiger partial charge >= 0.3 is 6.03 Å². The Hall–Kier alpha value is -2.88. The molecule has 4 heterocycles. The summed E-state index contributed by atoms with van der Waals surface area (Å²) in [5.41, 5.74) is 7.93. The summed E-state index contributed by atoms with van der Waals surface area (Å²) in [4.78, 5) is 19.1. The van der Waals surface area contributed by atoms with Gasteiger partial charge in [-0.3, -0.25) is 10.00 Å². The number of hydrogen-bond donors (Lipinski definition) is 3. The number of rotatable bonds is 7. The number of nitrogens with zero attached hydrogens (tertiary/aromatic N) is 4. The van der Waals surface area contributed by atoms with Crippen molar-refractivity contribution in [1.29, 1.82) is 0 Å². The summed E-state index contributed by atoms with van der Waals surface area (Å²) in [6, 6.07) is 9.01. The van der Waals surface area contributed by atoms with Gasteiger partial charge in [-0.15, -0.1) is 0 Å². The van der Waals surface area contributed by atoms with Crippen LogP contribution in [0.1, 0.15) is 31.5 Å². The first kappa shape index (κ1) is 21.0. The van der Waals surface area contributed by atoms with E-state index < -0.39 is 0 Å². The highest BCUT2D eigenvalue weighted by Crippen LogP contribution is 2.39. The Bertz CT molecular complexity index is 1080. The minimum absolute atomic E-state index is 0.0528. The maximum Gasteiger partial charge on any atom is 0.324 e. The van der Waals surface area contributed by atoms with Crippen molar-refractivity contribution in [2.75, 3.05) is 18.1 Å². The molecular formula is C22H26ClN7O2. The Kier molecular flexibility index (Phi) is 5.40. The number of urea groups is 1. The molecule has 2 amide bonds. The first-order valence-corrected chi connectivity index (χ1v) is 11.1. The van der Waals surface area contributed by atoms with E-state index in [1.54, 1.807) is 17.4 Å². The van der Waals surface area contributed by atoms with Gasteiger partial charge in [-0.25, -0.2) is 9.78 Å². The Balaban J connectivity index is 1.28. The number of hydrogen-bond acceptors (Lipinski definition) is 5. The zero-order chi connectivity index (χ0) is 22.3. The number of aromatic nitrogens is 4. The van der Waals surface area contributed by atoms with E-state index in [9.17, 15) is 4.79 Å². The lowest BCUT2D eigenvalue weighted by molar-refractivity contribution is -0.0773.